The summed E-state index contributed by atoms with van der Waals surface area (Å²) in [5, 5.41) is 11.0. The molecule has 1 aliphatic rings. The van der Waals surface area contributed by atoms with Crippen LogP contribution in [-0.2, 0) is 11.3 Å². The van der Waals surface area contributed by atoms with Gasteiger partial charge in [0.05, 0.1) is 0 Å². The van der Waals surface area contributed by atoms with Crippen molar-refractivity contribution in [2.75, 3.05) is 26.2 Å². The Bertz CT molecular complexity index is 930. The van der Waals surface area contributed by atoms with Crippen molar-refractivity contribution in [2.24, 2.45) is 0 Å². The van der Waals surface area contributed by atoms with E-state index in [4.69, 9.17) is 0 Å². The molecule has 27 heavy (non-hydrogen) atoms. The summed E-state index contributed by atoms with van der Waals surface area (Å²) in [7, 11) is 0. The van der Waals surface area contributed by atoms with E-state index in [0.717, 1.165) is 54.8 Å². The predicted octanol–water partition coefficient (Wildman–Crippen LogP) is 2.81. The van der Waals surface area contributed by atoms with Gasteiger partial charge >= 0.3 is 5.97 Å². The lowest BCUT2D eigenvalue weighted by Gasteiger charge is -2.37. The second-order valence-corrected chi connectivity index (χ2v) is 7.20. The molecule has 1 saturated heterocycles. The molecule has 2 aromatic heterocycles. The number of carboxylic acid groups (broad SMARTS) is 1. The highest BCUT2D eigenvalue weighted by atomic mass is 16.4. The van der Waals surface area contributed by atoms with Gasteiger partial charge in [-0.2, -0.15) is 0 Å². The summed E-state index contributed by atoms with van der Waals surface area (Å²) in [6.45, 7) is 6.09. The first-order chi connectivity index (χ1) is 13.1. The minimum absolute atomic E-state index is 0.622. The second-order valence-electron chi connectivity index (χ2n) is 7.20. The monoisotopic (exact) mass is 364 g/mol. The van der Waals surface area contributed by atoms with Gasteiger partial charge in [0, 0.05) is 67.8 Å². The summed E-state index contributed by atoms with van der Waals surface area (Å²) < 4.78 is 0. The van der Waals surface area contributed by atoms with E-state index in [2.05, 4.69) is 25.8 Å². The number of carbonyl (C=O) groups is 1. The number of piperazine rings is 1. The first-order valence-electron chi connectivity index (χ1n) is 9.27. The maximum Gasteiger partial charge on any atom is 0.325 e. The Morgan fingerprint density at radius 2 is 1.93 bits per heavy atom. The highest BCUT2D eigenvalue weighted by molar-refractivity contribution is 5.89. The molecule has 6 nitrogen and oxygen atoms in total. The topological polar surface area (TPSA) is 72.5 Å². The average Bonchev–Trinajstić information content (AvgIpc) is 3.07. The van der Waals surface area contributed by atoms with E-state index in [0.29, 0.717) is 0 Å². The fourth-order valence-corrected chi connectivity index (χ4v) is 3.89. The van der Waals surface area contributed by atoms with E-state index in [1.807, 2.05) is 49.8 Å². The molecular weight excluding hydrogens is 340 g/mol. The lowest BCUT2D eigenvalue weighted by atomic mass is 10.0. The Morgan fingerprint density at radius 1 is 1.19 bits per heavy atom. The predicted molar refractivity (Wildman–Crippen MR) is 104 cm³/mol. The Hall–Kier alpha value is -2.70. The number of aromatic amines is 1. The highest BCUT2D eigenvalue weighted by Gasteiger charge is 2.32. The summed E-state index contributed by atoms with van der Waals surface area (Å²) in [6.07, 6.45) is 5.47. The van der Waals surface area contributed by atoms with Crippen LogP contribution in [0.5, 0.6) is 0 Å². The van der Waals surface area contributed by atoms with E-state index < -0.39 is 12.0 Å². The number of aryl methyl sites for hydroxylation is 1. The molecule has 0 amide bonds. The van der Waals surface area contributed by atoms with E-state index in [1.54, 1.807) is 0 Å². The van der Waals surface area contributed by atoms with Gasteiger partial charge < -0.3 is 10.1 Å². The molecule has 0 spiro atoms. The van der Waals surface area contributed by atoms with E-state index in [-0.39, 0.29) is 0 Å². The summed E-state index contributed by atoms with van der Waals surface area (Å²) in [5.74, 6) is -0.792. The van der Waals surface area contributed by atoms with Crippen molar-refractivity contribution < 1.29 is 9.90 Å². The van der Waals surface area contributed by atoms with Crippen LogP contribution in [0.15, 0.2) is 48.9 Å². The van der Waals surface area contributed by atoms with Gasteiger partial charge in [0.2, 0.25) is 0 Å². The van der Waals surface area contributed by atoms with Crippen LogP contribution < -0.4 is 0 Å². The molecule has 1 aliphatic heterocycles. The number of nitrogens with zero attached hydrogens (tertiary/aromatic N) is 3. The maximum absolute atomic E-state index is 12.1. The van der Waals surface area contributed by atoms with Crippen molar-refractivity contribution in [3.63, 3.8) is 0 Å². The zero-order chi connectivity index (χ0) is 18.8. The molecule has 4 rings (SSSR count). The number of pyridine rings is 1. The van der Waals surface area contributed by atoms with Gasteiger partial charge in [-0.1, -0.05) is 11.6 Å². The molecule has 3 aromatic rings. The minimum atomic E-state index is -0.792. The number of aromatic nitrogens is 2. The van der Waals surface area contributed by atoms with Gasteiger partial charge in [-0.25, -0.2) is 0 Å². The van der Waals surface area contributed by atoms with E-state index in [9.17, 15) is 9.90 Å². The quantitative estimate of drug-likeness (QED) is 0.728. The first kappa shape index (κ1) is 17.7. The van der Waals surface area contributed by atoms with Crippen molar-refractivity contribution in [3.05, 3.63) is 65.6 Å². The smallest absolute Gasteiger partial charge is 0.325 e. The summed E-state index contributed by atoms with van der Waals surface area (Å²) in [4.78, 5) is 23.8. The zero-order valence-corrected chi connectivity index (χ0v) is 15.4. The minimum Gasteiger partial charge on any atom is -0.480 e. The third-order valence-electron chi connectivity index (χ3n) is 5.33. The van der Waals surface area contributed by atoms with Gasteiger partial charge in [0.15, 0.2) is 0 Å². The zero-order valence-electron chi connectivity index (χ0n) is 15.4. The van der Waals surface area contributed by atoms with Crippen LogP contribution in [0.1, 0.15) is 22.7 Å². The van der Waals surface area contributed by atoms with Gasteiger partial charge in [-0.05, 0) is 36.8 Å². The van der Waals surface area contributed by atoms with E-state index in [1.165, 1.54) is 5.56 Å². The second kappa shape index (κ2) is 7.50. The van der Waals surface area contributed by atoms with E-state index >= 15 is 0 Å². The Labute approximate surface area is 158 Å². The Balaban J connectivity index is 1.50. The van der Waals surface area contributed by atoms with Crippen molar-refractivity contribution in [1.82, 2.24) is 19.8 Å². The molecule has 0 unspecified atom stereocenters. The number of benzene rings is 1. The third-order valence-corrected chi connectivity index (χ3v) is 5.33. The van der Waals surface area contributed by atoms with Crippen LogP contribution >= 0.6 is 0 Å². The largest absolute Gasteiger partial charge is 0.480 e. The van der Waals surface area contributed by atoms with Crippen molar-refractivity contribution in [3.8, 4) is 0 Å². The molecule has 2 N–H and O–H groups in total. The number of H-pyrrole nitrogens is 1. The first-order valence-corrected chi connectivity index (χ1v) is 9.27. The van der Waals surface area contributed by atoms with Crippen LogP contribution in [0.2, 0.25) is 0 Å². The van der Waals surface area contributed by atoms with Crippen molar-refractivity contribution >= 4 is 16.9 Å². The number of hydrogen-bond donors (Lipinski definition) is 2. The summed E-state index contributed by atoms with van der Waals surface area (Å²) in [5.41, 5.74) is 4.21. The number of rotatable bonds is 5. The number of nitrogens with one attached hydrogen (secondary N) is 1. The molecule has 0 aliphatic carbocycles. The SMILES string of the molecule is Cc1ccc2[nH]cc([C@@H](C(=O)O)N3CCN(Cc4ccncc4)CC3)c2c1. The fourth-order valence-electron chi connectivity index (χ4n) is 3.89. The van der Waals surface area contributed by atoms with Gasteiger partial charge in [-0.3, -0.25) is 19.6 Å². The molecule has 0 radical (unpaired) electrons. The number of fused-ring (bicyclic) bond motifs is 1. The van der Waals surface area contributed by atoms with Gasteiger partial charge in [0.25, 0.3) is 0 Å². The molecule has 1 atom stereocenters. The number of hydrogen-bond acceptors (Lipinski definition) is 4. The van der Waals surface area contributed by atoms with Gasteiger partial charge in [-0.15, -0.1) is 0 Å². The van der Waals surface area contributed by atoms with Crippen LogP contribution in [0, 0.1) is 6.92 Å². The molecule has 0 saturated carbocycles. The van der Waals surface area contributed by atoms with Crippen molar-refractivity contribution in [2.45, 2.75) is 19.5 Å². The highest BCUT2D eigenvalue weighted by Crippen LogP contribution is 2.30. The van der Waals surface area contributed by atoms with Crippen LogP contribution in [-0.4, -0.2) is 57.0 Å². The molecular formula is C21H24N4O2. The molecule has 1 aromatic carbocycles. The Morgan fingerprint density at radius 3 is 2.63 bits per heavy atom. The van der Waals surface area contributed by atoms with Crippen molar-refractivity contribution in [1.29, 1.82) is 0 Å². The van der Waals surface area contributed by atoms with Crippen LogP contribution in [0.25, 0.3) is 10.9 Å². The lowest BCUT2D eigenvalue weighted by molar-refractivity contribution is -0.144. The van der Waals surface area contributed by atoms with Crippen LogP contribution in [0.4, 0.5) is 0 Å². The maximum atomic E-state index is 12.1. The summed E-state index contributed by atoms with van der Waals surface area (Å²) >= 11 is 0. The molecule has 6 heteroatoms. The fraction of sp³-hybridized carbons (Fsp3) is 0.333. The number of aliphatic carboxylic acids is 1. The number of carboxylic acids is 1. The third kappa shape index (κ3) is 3.72. The average molecular weight is 364 g/mol. The normalized spacial score (nSPS) is 17.2. The standard InChI is InChI=1S/C21H24N4O2/c1-15-2-3-19-17(12-15)18(13-23-19)20(21(26)27)25-10-8-24(9-11-25)14-16-4-6-22-7-5-16/h2-7,12-13,20,23H,8-11,14H2,1H3,(H,26,27)/t20-/m0/s1. The lowest BCUT2D eigenvalue weighted by Crippen LogP contribution is -2.48. The summed E-state index contributed by atoms with van der Waals surface area (Å²) in [6, 6.07) is 9.55. The molecule has 140 valence electrons. The van der Waals surface area contributed by atoms with Gasteiger partial charge in [0.1, 0.15) is 6.04 Å². The Kier molecular flexibility index (Phi) is 4.92. The molecule has 1 fully saturated rings. The molecule has 3 heterocycles. The van der Waals surface area contributed by atoms with Crippen LogP contribution in [0.3, 0.4) is 0 Å². The molecule has 0 bridgehead atoms.